The molecule has 5 nitrogen and oxygen atoms in total. The van der Waals surface area contributed by atoms with Crippen LogP contribution in [-0.4, -0.2) is 29.6 Å². The molecule has 0 saturated carbocycles. The van der Waals surface area contributed by atoms with Crippen molar-refractivity contribution in [1.29, 1.82) is 0 Å². The van der Waals surface area contributed by atoms with Crippen molar-refractivity contribution in [1.82, 2.24) is 5.32 Å². The zero-order chi connectivity index (χ0) is 14.4. The minimum absolute atomic E-state index is 0.181. The summed E-state index contributed by atoms with van der Waals surface area (Å²) in [4.78, 5) is 23.3. The topological polar surface area (TPSA) is 78.4 Å². The number of carbonyl (C=O) groups excluding carboxylic acids is 2. The van der Waals surface area contributed by atoms with E-state index < -0.39 is 17.9 Å². The van der Waals surface area contributed by atoms with Crippen molar-refractivity contribution in [3.63, 3.8) is 0 Å². The molecule has 0 radical (unpaired) electrons. The first kappa shape index (κ1) is 15.2. The van der Waals surface area contributed by atoms with E-state index in [-0.39, 0.29) is 6.61 Å². The Morgan fingerprint density at radius 1 is 1.16 bits per heavy atom. The van der Waals surface area contributed by atoms with Crippen LogP contribution in [-0.2, 0) is 9.59 Å². The second-order valence-electron chi connectivity index (χ2n) is 4.59. The fraction of sp³-hybridized carbons (Fsp3) is 0.429. The van der Waals surface area contributed by atoms with E-state index in [0.717, 1.165) is 11.1 Å². The molecule has 0 spiro atoms. The van der Waals surface area contributed by atoms with Gasteiger partial charge < -0.3 is 15.7 Å². The molecule has 5 heteroatoms. The molecule has 0 aliphatic rings. The summed E-state index contributed by atoms with van der Waals surface area (Å²) in [6, 6.07) is 5.18. The highest BCUT2D eigenvalue weighted by molar-refractivity contribution is 6.39. The summed E-state index contributed by atoms with van der Waals surface area (Å²) in [6.45, 7) is 5.48. The van der Waals surface area contributed by atoms with E-state index in [1.54, 1.807) is 12.1 Å². The molecule has 1 unspecified atom stereocenters. The standard InChI is InChI=1S/C14H20N2O3/c1-4-11(8-17)15-13(18)14(19)16-12-6-9(2)5-10(3)7-12/h5-7,11,17H,4,8H2,1-3H3,(H,15,18)(H,16,19). The first-order valence-corrected chi connectivity index (χ1v) is 6.27. The van der Waals surface area contributed by atoms with Gasteiger partial charge in [-0.1, -0.05) is 13.0 Å². The minimum atomic E-state index is -0.736. The Morgan fingerprint density at radius 3 is 2.21 bits per heavy atom. The van der Waals surface area contributed by atoms with Crippen LogP contribution < -0.4 is 10.6 Å². The Balaban J connectivity index is 2.66. The summed E-state index contributed by atoms with van der Waals surface area (Å²) in [5.74, 6) is -1.46. The highest BCUT2D eigenvalue weighted by atomic mass is 16.3. The minimum Gasteiger partial charge on any atom is -0.394 e. The molecule has 0 aliphatic heterocycles. The number of hydrogen-bond acceptors (Lipinski definition) is 3. The number of anilines is 1. The molecule has 1 rings (SSSR count). The quantitative estimate of drug-likeness (QED) is 0.713. The van der Waals surface area contributed by atoms with Gasteiger partial charge in [0.15, 0.2) is 0 Å². The maximum atomic E-state index is 11.7. The molecule has 104 valence electrons. The van der Waals surface area contributed by atoms with E-state index in [4.69, 9.17) is 5.11 Å². The summed E-state index contributed by atoms with van der Waals surface area (Å²) >= 11 is 0. The third-order valence-corrected chi connectivity index (χ3v) is 2.73. The van der Waals surface area contributed by atoms with Crippen LogP contribution >= 0.6 is 0 Å². The van der Waals surface area contributed by atoms with Gasteiger partial charge >= 0.3 is 11.8 Å². The third-order valence-electron chi connectivity index (χ3n) is 2.73. The van der Waals surface area contributed by atoms with E-state index in [2.05, 4.69) is 10.6 Å². The van der Waals surface area contributed by atoms with Crippen molar-refractivity contribution in [3.8, 4) is 0 Å². The number of carbonyl (C=O) groups is 2. The molecular formula is C14H20N2O3. The molecule has 0 saturated heterocycles. The van der Waals surface area contributed by atoms with Gasteiger partial charge in [0.05, 0.1) is 12.6 Å². The summed E-state index contributed by atoms with van der Waals surface area (Å²) in [5, 5.41) is 14.0. The maximum absolute atomic E-state index is 11.7. The molecule has 0 fully saturated rings. The summed E-state index contributed by atoms with van der Waals surface area (Å²) in [7, 11) is 0. The summed E-state index contributed by atoms with van der Waals surface area (Å²) < 4.78 is 0. The predicted octanol–water partition coefficient (Wildman–Crippen LogP) is 1.13. The molecule has 0 aromatic heterocycles. The lowest BCUT2D eigenvalue weighted by atomic mass is 10.1. The molecular weight excluding hydrogens is 244 g/mol. The number of nitrogens with one attached hydrogen (secondary N) is 2. The summed E-state index contributed by atoms with van der Waals surface area (Å²) in [6.07, 6.45) is 0.569. The Bertz CT molecular complexity index is 448. The normalized spacial score (nSPS) is 11.8. The fourth-order valence-electron chi connectivity index (χ4n) is 1.76. The average Bonchev–Trinajstić information content (AvgIpc) is 2.34. The van der Waals surface area contributed by atoms with Gasteiger partial charge in [-0.15, -0.1) is 0 Å². The third kappa shape index (κ3) is 4.71. The van der Waals surface area contributed by atoms with Crippen LogP contribution in [0.15, 0.2) is 18.2 Å². The highest BCUT2D eigenvalue weighted by Gasteiger charge is 2.17. The van der Waals surface area contributed by atoms with Crippen molar-refractivity contribution in [2.24, 2.45) is 0 Å². The molecule has 2 amide bonds. The molecule has 1 aromatic rings. The van der Waals surface area contributed by atoms with Crippen molar-refractivity contribution >= 4 is 17.5 Å². The van der Waals surface area contributed by atoms with Gasteiger partial charge in [0.2, 0.25) is 0 Å². The molecule has 0 bridgehead atoms. The summed E-state index contributed by atoms with van der Waals surface area (Å²) in [5.41, 5.74) is 2.62. The number of benzene rings is 1. The van der Waals surface area contributed by atoms with Gasteiger partial charge in [0.1, 0.15) is 0 Å². The molecule has 1 atom stereocenters. The Kier molecular flexibility index (Phi) is 5.51. The lowest BCUT2D eigenvalue weighted by molar-refractivity contribution is -0.136. The Labute approximate surface area is 113 Å². The molecule has 0 heterocycles. The van der Waals surface area contributed by atoms with Crippen LogP contribution in [0, 0.1) is 13.8 Å². The Morgan fingerprint density at radius 2 is 1.74 bits per heavy atom. The molecule has 19 heavy (non-hydrogen) atoms. The lowest BCUT2D eigenvalue weighted by Gasteiger charge is -2.13. The number of aryl methyl sites for hydroxylation is 2. The second-order valence-corrected chi connectivity index (χ2v) is 4.59. The van der Waals surface area contributed by atoms with Crippen molar-refractivity contribution < 1.29 is 14.7 Å². The number of aliphatic hydroxyl groups is 1. The zero-order valence-electron chi connectivity index (χ0n) is 11.5. The molecule has 1 aromatic carbocycles. The fourth-order valence-corrected chi connectivity index (χ4v) is 1.76. The average molecular weight is 264 g/mol. The SMILES string of the molecule is CCC(CO)NC(=O)C(=O)Nc1cc(C)cc(C)c1. The van der Waals surface area contributed by atoms with E-state index in [0.29, 0.717) is 12.1 Å². The first-order valence-electron chi connectivity index (χ1n) is 6.27. The van der Waals surface area contributed by atoms with Gasteiger partial charge in [-0.2, -0.15) is 0 Å². The maximum Gasteiger partial charge on any atom is 0.313 e. The second kappa shape index (κ2) is 6.89. The van der Waals surface area contributed by atoms with Crippen molar-refractivity contribution in [3.05, 3.63) is 29.3 Å². The number of aliphatic hydroxyl groups excluding tert-OH is 1. The van der Waals surface area contributed by atoms with E-state index in [9.17, 15) is 9.59 Å². The van der Waals surface area contributed by atoms with Crippen LogP contribution in [0.5, 0.6) is 0 Å². The molecule has 0 aliphatic carbocycles. The van der Waals surface area contributed by atoms with Crippen LogP contribution in [0.25, 0.3) is 0 Å². The van der Waals surface area contributed by atoms with Crippen molar-refractivity contribution in [2.75, 3.05) is 11.9 Å². The number of rotatable bonds is 4. The number of hydrogen-bond donors (Lipinski definition) is 3. The smallest absolute Gasteiger partial charge is 0.313 e. The largest absolute Gasteiger partial charge is 0.394 e. The van der Waals surface area contributed by atoms with Gasteiger partial charge in [-0.05, 0) is 43.5 Å². The van der Waals surface area contributed by atoms with Crippen LogP contribution in [0.1, 0.15) is 24.5 Å². The predicted molar refractivity (Wildman–Crippen MR) is 73.9 cm³/mol. The monoisotopic (exact) mass is 264 g/mol. The first-order chi connectivity index (χ1) is 8.96. The number of amides is 2. The van der Waals surface area contributed by atoms with Gasteiger partial charge in [0.25, 0.3) is 0 Å². The van der Waals surface area contributed by atoms with E-state index >= 15 is 0 Å². The molecule has 3 N–H and O–H groups in total. The van der Waals surface area contributed by atoms with Crippen molar-refractivity contribution in [2.45, 2.75) is 33.2 Å². The Hall–Kier alpha value is -1.88. The zero-order valence-corrected chi connectivity index (χ0v) is 11.5. The van der Waals surface area contributed by atoms with Gasteiger partial charge in [-0.25, -0.2) is 0 Å². The van der Waals surface area contributed by atoms with Gasteiger partial charge in [-0.3, -0.25) is 9.59 Å². The lowest BCUT2D eigenvalue weighted by Crippen LogP contribution is -2.43. The van der Waals surface area contributed by atoms with Crippen LogP contribution in [0.4, 0.5) is 5.69 Å². The van der Waals surface area contributed by atoms with Gasteiger partial charge in [0, 0.05) is 5.69 Å². The van der Waals surface area contributed by atoms with E-state index in [1.807, 2.05) is 26.8 Å². The highest BCUT2D eigenvalue weighted by Crippen LogP contribution is 2.13. The van der Waals surface area contributed by atoms with E-state index in [1.165, 1.54) is 0 Å². The van der Waals surface area contributed by atoms with Crippen LogP contribution in [0.3, 0.4) is 0 Å². The van der Waals surface area contributed by atoms with Crippen LogP contribution in [0.2, 0.25) is 0 Å².